The van der Waals surface area contributed by atoms with Crippen LogP contribution >= 0.6 is 0 Å². The van der Waals surface area contributed by atoms with Crippen LogP contribution in [-0.2, 0) is 28.7 Å². The fourth-order valence-electron chi connectivity index (χ4n) is 3.67. The first-order valence-electron chi connectivity index (χ1n) is 10.9. The molecule has 0 saturated carbocycles. The third-order valence-electron chi connectivity index (χ3n) is 5.24. The summed E-state index contributed by atoms with van der Waals surface area (Å²) in [5.74, 6) is 1.79. The van der Waals surface area contributed by atoms with Gasteiger partial charge < -0.3 is 20.5 Å². The summed E-state index contributed by atoms with van der Waals surface area (Å²) in [7, 11) is -1.30. The van der Waals surface area contributed by atoms with Crippen LogP contribution in [0.4, 0.5) is 17.5 Å². The van der Waals surface area contributed by atoms with Crippen LogP contribution in [0.5, 0.6) is 5.88 Å². The molecule has 13 nitrogen and oxygen atoms in total. The molecule has 4 heterocycles. The minimum atomic E-state index is -2.76. The molecule has 0 unspecified atom stereocenters. The molecule has 0 spiro atoms. The van der Waals surface area contributed by atoms with Crippen molar-refractivity contribution in [3.8, 4) is 17.3 Å². The molecule has 1 fully saturated rings. The Kier molecular flexibility index (Phi) is 7.97. The predicted octanol–water partition coefficient (Wildman–Crippen LogP) is 0.420. The Morgan fingerprint density at radius 3 is 2.66 bits per heavy atom. The summed E-state index contributed by atoms with van der Waals surface area (Å²) in [6.07, 6.45) is 3.36. The number of nitrogens with two attached hydrogens (primary N) is 1. The number of ether oxygens (including phenoxy) is 2. The second-order valence-electron chi connectivity index (χ2n) is 7.80. The van der Waals surface area contributed by atoms with Crippen molar-refractivity contribution in [2.75, 3.05) is 44.5 Å². The summed E-state index contributed by atoms with van der Waals surface area (Å²) in [5.41, 5.74) is 8.66. The van der Waals surface area contributed by atoms with Crippen LogP contribution in [0.3, 0.4) is 0 Å². The van der Waals surface area contributed by atoms with Crippen molar-refractivity contribution >= 4 is 28.3 Å². The van der Waals surface area contributed by atoms with E-state index in [1.807, 2.05) is 6.07 Å². The van der Waals surface area contributed by atoms with Crippen molar-refractivity contribution in [1.82, 2.24) is 34.5 Å². The Labute approximate surface area is 204 Å². The number of methoxy groups -OCH3 is 1. The monoisotopic (exact) mass is 501 g/mol. The molecule has 14 heteroatoms. The molecule has 4 N–H and O–H groups in total. The third-order valence-corrected chi connectivity index (χ3v) is 5.66. The second kappa shape index (κ2) is 11.3. The Hall–Kier alpha value is -3.46. The maximum Gasteiger partial charge on any atom is 0.223 e. The van der Waals surface area contributed by atoms with E-state index in [-0.39, 0.29) is 12.5 Å². The highest BCUT2D eigenvalue weighted by Crippen LogP contribution is 2.29. The summed E-state index contributed by atoms with van der Waals surface area (Å²) in [6, 6.07) is 3.71. The van der Waals surface area contributed by atoms with Gasteiger partial charge in [0, 0.05) is 37.9 Å². The van der Waals surface area contributed by atoms with Crippen LogP contribution in [0.15, 0.2) is 24.5 Å². The third kappa shape index (κ3) is 6.57. The van der Waals surface area contributed by atoms with Crippen molar-refractivity contribution in [2.45, 2.75) is 20.0 Å². The zero-order valence-corrected chi connectivity index (χ0v) is 20.3. The largest absolute Gasteiger partial charge is 0.481 e. The number of hydrogen-bond acceptors (Lipinski definition) is 12. The number of thiol groups is 1. The van der Waals surface area contributed by atoms with Crippen molar-refractivity contribution in [3.05, 3.63) is 41.5 Å². The number of nitrogens with zero attached hydrogens (tertiary/aromatic N) is 6. The fourth-order valence-corrected chi connectivity index (χ4v) is 3.97. The minimum absolute atomic E-state index is 0.0341. The van der Waals surface area contributed by atoms with Gasteiger partial charge >= 0.3 is 0 Å². The average molecular weight is 502 g/mol. The van der Waals surface area contributed by atoms with Gasteiger partial charge in [-0.05, 0) is 24.6 Å². The number of aromatic nitrogens is 5. The summed E-state index contributed by atoms with van der Waals surface area (Å²) >= 11 is 0. The lowest BCUT2D eigenvalue weighted by Crippen LogP contribution is -2.35. The van der Waals surface area contributed by atoms with Gasteiger partial charge in [0.05, 0.1) is 37.8 Å². The molecular weight excluding hydrogens is 474 g/mol. The predicted molar refractivity (Wildman–Crippen MR) is 130 cm³/mol. The van der Waals surface area contributed by atoms with Crippen LogP contribution in [0.1, 0.15) is 17.0 Å². The van der Waals surface area contributed by atoms with E-state index in [1.54, 1.807) is 25.4 Å². The normalized spacial score (nSPS) is 14.3. The topological polar surface area (TPSA) is 170 Å². The quantitative estimate of drug-likeness (QED) is 0.298. The van der Waals surface area contributed by atoms with Gasteiger partial charge in [0.25, 0.3) is 0 Å². The summed E-state index contributed by atoms with van der Waals surface area (Å²) in [5, 5.41) is 3.24. The van der Waals surface area contributed by atoms with E-state index in [2.05, 4.69) is 39.9 Å². The van der Waals surface area contributed by atoms with E-state index in [1.165, 1.54) is 7.11 Å². The first kappa shape index (κ1) is 24.7. The van der Waals surface area contributed by atoms with Gasteiger partial charge in [-0.1, -0.05) is 0 Å². The van der Waals surface area contributed by atoms with Gasteiger partial charge in [-0.2, -0.15) is 9.97 Å². The van der Waals surface area contributed by atoms with Crippen LogP contribution in [-0.4, -0.2) is 71.7 Å². The standard InChI is InChI=1S/C21H27N9O4S/c1-13-26-19(29-21(22)27-13)17-7-14(12-30-3-5-34-6-4-30)9-23-18(17)28-16-8-15(10-25-35(31)32)20(33-2)24-11-16/h7-9,11,35H,3-6,10,12H2,1-2H3,(H,23,28)(H,25,31,32)(H2,22,26,27,29). The highest BCUT2D eigenvalue weighted by Gasteiger charge is 2.17. The second-order valence-corrected chi connectivity index (χ2v) is 8.63. The highest BCUT2D eigenvalue weighted by molar-refractivity contribution is 7.70. The Balaban J connectivity index is 1.68. The number of nitrogen functional groups attached to an aromatic ring is 1. The van der Waals surface area contributed by atoms with Crippen LogP contribution in [0, 0.1) is 6.92 Å². The molecule has 1 aliphatic rings. The first-order chi connectivity index (χ1) is 16.9. The van der Waals surface area contributed by atoms with E-state index in [0.717, 1.165) is 18.7 Å². The van der Waals surface area contributed by atoms with Crippen LogP contribution < -0.4 is 20.5 Å². The van der Waals surface area contributed by atoms with Gasteiger partial charge in [0.1, 0.15) is 11.6 Å². The number of rotatable bonds is 9. The van der Waals surface area contributed by atoms with E-state index in [4.69, 9.17) is 15.2 Å². The maximum absolute atomic E-state index is 11.0. The van der Waals surface area contributed by atoms with E-state index in [0.29, 0.717) is 59.9 Å². The molecule has 3 aromatic rings. The number of hydrogen-bond donors (Lipinski definition) is 4. The van der Waals surface area contributed by atoms with Crippen LogP contribution in [0.25, 0.3) is 11.4 Å². The molecule has 0 atom stereocenters. The van der Waals surface area contributed by atoms with Gasteiger partial charge in [-0.3, -0.25) is 4.90 Å². The van der Waals surface area contributed by atoms with Gasteiger partial charge in [-0.25, -0.2) is 28.1 Å². The lowest BCUT2D eigenvalue weighted by atomic mass is 10.1. The fraction of sp³-hybridized carbons (Fsp3) is 0.381. The number of anilines is 3. The van der Waals surface area contributed by atoms with Crippen LogP contribution in [0.2, 0.25) is 0 Å². The molecule has 0 aliphatic carbocycles. The Morgan fingerprint density at radius 1 is 1.14 bits per heavy atom. The lowest BCUT2D eigenvalue weighted by Gasteiger charge is -2.26. The van der Waals surface area contributed by atoms with Crippen molar-refractivity contribution in [3.63, 3.8) is 0 Å². The maximum atomic E-state index is 11.0. The van der Waals surface area contributed by atoms with Crippen molar-refractivity contribution in [2.24, 2.45) is 0 Å². The minimum Gasteiger partial charge on any atom is -0.481 e. The summed E-state index contributed by atoms with van der Waals surface area (Å²) in [4.78, 5) is 24.0. The van der Waals surface area contributed by atoms with Crippen molar-refractivity contribution < 1.29 is 17.9 Å². The van der Waals surface area contributed by atoms with E-state index >= 15 is 0 Å². The molecule has 0 radical (unpaired) electrons. The number of aryl methyl sites for hydroxylation is 1. The molecule has 0 amide bonds. The van der Waals surface area contributed by atoms with Gasteiger partial charge in [0.2, 0.25) is 22.7 Å². The molecule has 3 aromatic heterocycles. The average Bonchev–Trinajstić information content (AvgIpc) is 2.84. The Bertz CT molecular complexity index is 1240. The summed E-state index contributed by atoms with van der Waals surface area (Å²) in [6.45, 7) is 5.57. The van der Waals surface area contributed by atoms with E-state index in [9.17, 15) is 8.42 Å². The zero-order valence-electron chi connectivity index (χ0n) is 19.4. The van der Waals surface area contributed by atoms with E-state index < -0.39 is 10.9 Å². The zero-order chi connectivity index (χ0) is 24.8. The molecule has 1 aliphatic heterocycles. The first-order valence-corrected chi connectivity index (χ1v) is 12.0. The number of pyridine rings is 2. The van der Waals surface area contributed by atoms with Crippen molar-refractivity contribution in [1.29, 1.82) is 0 Å². The molecule has 35 heavy (non-hydrogen) atoms. The molecule has 0 bridgehead atoms. The van der Waals surface area contributed by atoms with Gasteiger partial charge in [0.15, 0.2) is 5.82 Å². The smallest absolute Gasteiger partial charge is 0.223 e. The molecule has 0 aromatic carbocycles. The highest BCUT2D eigenvalue weighted by atomic mass is 32.2. The molecule has 4 rings (SSSR count). The molecular formula is C21H27N9O4S. The van der Waals surface area contributed by atoms with Gasteiger partial charge in [-0.15, -0.1) is 0 Å². The molecule has 1 saturated heterocycles. The number of morpholine rings is 1. The summed E-state index contributed by atoms with van der Waals surface area (Å²) < 4.78 is 35.0. The Morgan fingerprint density at radius 2 is 1.94 bits per heavy atom. The molecule has 186 valence electrons. The lowest BCUT2D eigenvalue weighted by molar-refractivity contribution is 0.0341. The number of nitrogens with one attached hydrogen (secondary N) is 2. The SMILES string of the molecule is COc1ncc(Nc2ncc(CN3CCOCC3)cc2-c2nc(C)nc(N)n2)cc1CN[SH](=O)=O.